The molecule has 180 valence electrons. The molecule has 3 heterocycles. The molecule has 1 saturated carbocycles. The van der Waals surface area contributed by atoms with Gasteiger partial charge in [-0.2, -0.15) is 4.98 Å². The summed E-state index contributed by atoms with van der Waals surface area (Å²) in [5.41, 5.74) is 10.1. The Balaban J connectivity index is 1.52. The van der Waals surface area contributed by atoms with Gasteiger partial charge >= 0.3 is 0 Å². The normalized spacial score (nSPS) is 22.7. The quantitative estimate of drug-likeness (QED) is 0.517. The van der Waals surface area contributed by atoms with Gasteiger partial charge in [0.25, 0.3) is 0 Å². The van der Waals surface area contributed by atoms with Crippen molar-refractivity contribution in [1.82, 2.24) is 15.0 Å². The SMILES string of the molecule is COCC(C)C1CCC1CCC1CN(Cc2ncc(C)c(OC)c2C)c2nc(N)nc(Cl)c21. The molecule has 1 aliphatic carbocycles. The van der Waals surface area contributed by atoms with Crippen LogP contribution in [-0.4, -0.2) is 42.3 Å². The van der Waals surface area contributed by atoms with Crippen LogP contribution in [0.5, 0.6) is 5.75 Å². The maximum atomic E-state index is 6.61. The van der Waals surface area contributed by atoms with E-state index in [-0.39, 0.29) is 5.95 Å². The highest BCUT2D eigenvalue weighted by atomic mass is 35.5. The van der Waals surface area contributed by atoms with Crippen LogP contribution in [0.2, 0.25) is 5.15 Å². The molecule has 0 spiro atoms. The Hall–Kier alpha value is -2.12. The van der Waals surface area contributed by atoms with Crippen molar-refractivity contribution in [2.75, 3.05) is 38.0 Å². The first-order chi connectivity index (χ1) is 15.8. The van der Waals surface area contributed by atoms with Gasteiger partial charge < -0.3 is 20.1 Å². The third-order valence-corrected chi connectivity index (χ3v) is 7.95. The molecule has 1 fully saturated rings. The summed E-state index contributed by atoms with van der Waals surface area (Å²) in [5, 5.41) is 0.481. The predicted octanol–water partition coefficient (Wildman–Crippen LogP) is 4.93. The van der Waals surface area contributed by atoms with E-state index in [1.54, 1.807) is 14.2 Å². The van der Waals surface area contributed by atoms with Crippen molar-refractivity contribution in [1.29, 1.82) is 0 Å². The highest BCUT2D eigenvalue weighted by Crippen LogP contribution is 2.47. The van der Waals surface area contributed by atoms with Gasteiger partial charge in [0.05, 0.1) is 19.3 Å². The number of fused-ring (bicyclic) bond motifs is 1. The first-order valence-electron chi connectivity index (χ1n) is 11.9. The number of hydrogen-bond acceptors (Lipinski definition) is 7. The Morgan fingerprint density at radius 1 is 1.21 bits per heavy atom. The zero-order valence-electron chi connectivity index (χ0n) is 20.4. The van der Waals surface area contributed by atoms with Gasteiger partial charge in [-0.05, 0) is 57.3 Å². The predicted molar refractivity (Wildman–Crippen MR) is 132 cm³/mol. The van der Waals surface area contributed by atoms with E-state index in [9.17, 15) is 0 Å². The highest BCUT2D eigenvalue weighted by Gasteiger charge is 2.38. The van der Waals surface area contributed by atoms with Gasteiger partial charge in [0, 0.05) is 49.1 Å². The molecule has 0 radical (unpaired) electrons. The lowest BCUT2D eigenvalue weighted by Crippen LogP contribution is -2.33. The Labute approximate surface area is 202 Å². The number of rotatable bonds is 9. The molecule has 0 saturated heterocycles. The number of nitrogen functional groups attached to an aromatic ring is 1. The fraction of sp³-hybridized carbons (Fsp3) is 0.640. The number of pyridine rings is 1. The molecule has 0 amide bonds. The summed E-state index contributed by atoms with van der Waals surface area (Å²) in [6, 6.07) is 0. The average molecular weight is 474 g/mol. The molecule has 7 nitrogen and oxygen atoms in total. The van der Waals surface area contributed by atoms with Crippen molar-refractivity contribution < 1.29 is 9.47 Å². The topological polar surface area (TPSA) is 86.4 Å². The molecule has 4 unspecified atom stereocenters. The van der Waals surface area contributed by atoms with Crippen molar-refractivity contribution in [3.63, 3.8) is 0 Å². The van der Waals surface area contributed by atoms with Crippen LogP contribution in [0.1, 0.15) is 60.9 Å². The van der Waals surface area contributed by atoms with Crippen molar-refractivity contribution >= 4 is 23.4 Å². The number of halogens is 1. The fourth-order valence-electron chi connectivity index (χ4n) is 5.77. The zero-order valence-corrected chi connectivity index (χ0v) is 21.2. The molecular weight excluding hydrogens is 438 g/mol. The number of aryl methyl sites for hydroxylation is 1. The molecule has 4 atom stereocenters. The van der Waals surface area contributed by atoms with Crippen molar-refractivity contribution in [2.24, 2.45) is 17.8 Å². The molecule has 0 aromatic carbocycles. The number of aromatic nitrogens is 3. The molecule has 2 aliphatic rings. The van der Waals surface area contributed by atoms with Crippen molar-refractivity contribution in [2.45, 2.75) is 58.9 Å². The number of anilines is 2. The average Bonchev–Trinajstić information content (AvgIpc) is 3.07. The maximum absolute atomic E-state index is 6.61. The summed E-state index contributed by atoms with van der Waals surface area (Å²) >= 11 is 6.61. The van der Waals surface area contributed by atoms with E-state index in [0.29, 0.717) is 23.5 Å². The molecule has 2 aromatic rings. The van der Waals surface area contributed by atoms with Crippen LogP contribution < -0.4 is 15.4 Å². The van der Waals surface area contributed by atoms with Gasteiger partial charge in [0.15, 0.2) is 0 Å². The van der Waals surface area contributed by atoms with Gasteiger partial charge in [-0.25, -0.2) is 4.98 Å². The van der Waals surface area contributed by atoms with Gasteiger partial charge in [0.2, 0.25) is 5.95 Å². The summed E-state index contributed by atoms with van der Waals surface area (Å²) in [6.45, 7) is 8.70. The lowest BCUT2D eigenvalue weighted by Gasteiger charge is -2.41. The van der Waals surface area contributed by atoms with E-state index in [2.05, 4.69) is 28.7 Å². The van der Waals surface area contributed by atoms with Crippen LogP contribution >= 0.6 is 11.6 Å². The number of hydrogen-bond donors (Lipinski definition) is 1. The highest BCUT2D eigenvalue weighted by molar-refractivity contribution is 6.30. The van der Waals surface area contributed by atoms with E-state index < -0.39 is 0 Å². The smallest absolute Gasteiger partial charge is 0.223 e. The monoisotopic (exact) mass is 473 g/mol. The molecule has 0 bridgehead atoms. The summed E-state index contributed by atoms with van der Waals surface area (Å²) in [5.74, 6) is 4.35. The van der Waals surface area contributed by atoms with Crippen LogP contribution in [0.15, 0.2) is 6.20 Å². The summed E-state index contributed by atoms with van der Waals surface area (Å²) in [4.78, 5) is 15.8. The van der Waals surface area contributed by atoms with E-state index in [1.807, 2.05) is 13.1 Å². The second-order valence-corrected chi connectivity index (χ2v) is 10.1. The third kappa shape index (κ3) is 4.76. The van der Waals surface area contributed by atoms with Gasteiger partial charge in [-0.1, -0.05) is 18.5 Å². The van der Waals surface area contributed by atoms with E-state index in [4.69, 9.17) is 31.8 Å². The van der Waals surface area contributed by atoms with Gasteiger partial charge in [0.1, 0.15) is 16.7 Å². The van der Waals surface area contributed by atoms with E-state index in [1.165, 1.54) is 19.3 Å². The minimum absolute atomic E-state index is 0.211. The Morgan fingerprint density at radius 2 is 2.00 bits per heavy atom. The maximum Gasteiger partial charge on any atom is 0.223 e. The molecule has 4 rings (SSSR count). The van der Waals surface area contributed by atoms with Gasteiger partial charge in [-0.15, -0.1) is 0 Å². The molecular formula is C25H36ClN5O2. The molecule has 2 aromatic heterocycles. The van der Waals surface area contributed by atoms with E-state index >= 15 is 0 Å². The summed E-state index contributed by atoms with van der Waals surface area (Å²) in [7, 11) is 3.50. The summed E-state index contributed by atoms with van der Waals surface area (Å²) < 4.78 is 11.0. The number of methoxy groups -OCH3 is 2. The van der Waals surface area contributed by atoms with Crippen LogP contribution in [0.25, 0.3) is 0 Å². The summed E-state index contributed by atoms with van der Waals surface area (Å²) in [6.07, 6.45) is 6.74. The van der Waals surface area contributed by atoms with Gasteiger partial charge in [-0.3, -0.25) is 4.98 Å². The minimum Gasteiger partial charge on any atom is -0.496 e. The van der Waals surface area contributed by atoms with Crippen LogP contribution in [-0.2, 0) is 11.3 Å². The van der Waals surface area contributed by atoms with E-state index in [0.717, 1.165) is 65.4 Å². The first-order valence-corrected chi connectivity index (χ1v) is 12.3. The van der Waals surface area contributed by atoms with Crippen LogP contribution in [0, 0.1) is 31.6 Å². The van der Waals surface area contributed by atoms with Crippen molar-refractivity contribution in [3.8, 4) is 5.75 Å². The Kier molecular flexibility index (Phi) is 7.29. The third-order valence-electron chi connectivity index (χ3n) is 7.66. The second-order valence-electron chi connectivity index (χ2n) is 9.74. The Bertz CT molecular complexity index is 1000. The largest absolute Gasteiger partial charge is 0.496 e. The number of nitrogens with two attached hydrogens (primary N) is 1. The molecule has 33 heavy (non-hydrogen) atoms. The molecule has 8 heteroatoms. The lowest BCUT2D eigenvalue weighted by molar-refractivity contribution is 0.0461. The van der Waals surface area contributed by atoms with Crippen LogP contribution in [0.3, 0.4) is 0 Å². The Morgan fingerprint density at radius 3 is 2.67 bits per heavy atom. The fourth-order valence-corrected chi connectivity index (χ4v) is 6.10. The molecule has 1 aliphatic heterocycles. The number of ether oxygens (including phenoxy) is 2. The second kappa shape index (κ2) is 10.0. The lowest BCUT2D eigenvalue weighted by atomic mass is 9.65. The van der Waals surface area contributed by atoms with Crippen LogP contribution in [0.4, 0.5) is 11.8 Å². The zero-order chi connectivity index (χ0) is 23.7. The minimum atomic E-state index is 0.211. The standard InChI is InChI=1S/C25H36ClN5O2/c1-14-10-28-20(16(3)22(14)33-5)12-31-11-18(21-23(26)29-25(27)30-24(21)31)7-6-17-8-9-19(17)15(2)13-32-4/h10,15,17-19H,6-9,11-13H2,1-5H3,(H2,27,29,30). The van der Waals surface area contributed by atoms with Crippen molar-refractivity contribution in [3.05, 3.63) is 33.7 Å². The first kappa shape index (κ1) is 24.0. The number of nitrogens with zero attached hydrogens (tertiary/aromatic N) is 4. The molecule has 2 N–H and O–H groups in total.